The highest BCUT2D eigenvalue weighted by Crippen LogP contribution is 2.24. The van der Waals surface area contributed by atoms with Crippen LogP contribution in [-0.4, -0.2) is 31.6 Å². The van der Waals surface area contributed by atoms with Crippen LogP contribution in [0.25, 0.3) is 0 Å². The number of rotatable bonds is 6. The summed E-state index contributed by atoms with van der Waals surface area (Å²) < 4.78 is 14.0. The van der Waals surface area contributed by atoms with E-state index in [2.05, 4.69) is 17.1 Å². The molecule has 1 aromatic rings. The van der Waals surface area contributed by atoms with E-state index in [1.807, 2.05) is 19.2 Å². The summed E-state index contributed by atoms with van der Waals surface area (Å²) in [5.41, 5.74) is 0.786. The van der Waals surface area contributed by atoms with Gasteiger partial charge in [-0.1, -0.05) is 38.0 Å². The molecule has 1 aliphatic heterocycles. The van der Waals surface area contributed by atoms with Gasteiger partial charge in [0.05, 0.1) is 0 Å². The standard InChI is InChI=1S/C18H29FN2/c1-3-7-15-8-6-12-21(13-11-15)14-18(20-2)16-9-4-5-10-17(16)19/h4-5,9-10,15,18,20H,3,6-8,11-14H2,1-2H3. The van der Waals surface area contributed by atoms with Gasteiger partial charge in [0.25, 0.3) is 0 Å². The summed E-state index contributed by atoms with van der Waals surface area (Å²) in [5, 5.41) is 3.28. The number of nitrogens with one attached hydrogen (secondary N) is 1. The molecule has 0 saturated carbocycles. The van der Waals surface area contributed by atoms with Crippen LogP contribution in [0.2, 0.25) is 0 Å². The molecule has 3 heteroatoms. The van der Waals surface area contributed by atoms with Gasteiger partial charge in [0.15, 0.2) is 0 Å². The lowest BCUT2D eigenvalue weighted by atomic mass is 9.96. The summed E-state index contributed by atoms with van der Waals surface area (Å²) >= 11 is 0. The van der Waals surface area contributed by atoms with E-state index in [-0.39, 0.29) is 11.9 Å². The lowest BCUT2D eigenvalue weighted by Crippen LogP contribution is -2.35. The van der Waals surface area contributed by atoms with Gasteiger partial charge < -0.3 is 10.2 Å². The Morgan fingerprint density at radius 2 is 2.10 bits per heavy atom. The first kappa shape index (κ1) is 16.4. The van der Waals surface area contributed by atoms with E-state index < -0.39 is 0 Å². The molecule has 1 saturated heterocycles. The first-order valence-corrected chi connectivity index (χ1v) is 8.38. The molecule has 0 amide bonds. The number of hydrogen-bond donors (Lipinski definition) is 1. The van der Waals surface area contributed by atoms with Crippen LogP contribution in [0.4, 0.5) is 4.39 Å². The molecule has 2 nitrogen and oxygen atoms in total. The van der Waals surface area contributed by atoms with Crippen LogP contribution < -0.4 is 5.32 Å². The Hall–Kier alpha value is -0.930. The van der Waals surface area contributed by atoms with E-state index in [4.69, 9.17) is 0 Å². The number of likely N-dealkylation sites (N-methyl/N-ethyl adjacent to an activating group) is 1. The minimum absolute atomic E-state index is 0.0777. The maximum atomic E-state index is 14.0. The third-order valence-electron chi connectivity index (χ3n) is 4.71. The molecule has 0 spiro atoms. The van der Waals surface area contributed by atoms with Gasteiger partial charge >= 0.3 is 0 Å². The average molecular weight is 292 g/mol. The Morgan fingerprint density at radius 3 is 2.81 bits per heavy atom. The number of nitrogens with zero attached hydrogens (tertiary/aromatic N) is 1. The third-order valence-corrected chi connectivity index (χ3v) is 4.71. The Balaban J connectivity index is 1.94. The molecular weight excluding hydrogens is 263 g/mol. The smallest absolute Gasteiger partial charge is 0.128 e. The molecule has 1 fully saturated rings. The van der Waals surface area contributed by atoms with E-state index in [0.717, 1.165) is 31.1 Å². The average Bonchev–Trinajstić information content (AvgIpc) is 2.71. The van der Waals surface area contributed by atoms with Gasteiger partial charge in [-0.3, -0.25) is 0 Å². The largest absolute Gasteiger partial charge is 0.312 e. The van der Waals surface area contributed by atoms with Gasteiger partial charge in [0.1, 0.15) is 5.82 Å². The van der Waals surface area contributed by atoms with Crippen LogP contribution in [0, 0.1) is 11.7 Å². The molecular formula is C18H29FN2. The predicted molar refractivity (Wildman–Crippen MR) is 86.9 cm³/mol. The second-order valence-electron chi connectivity index (χ2n) is 6.25. The summed E-state index contributed by atoms with van der Waals surface area (Å²) in [6.07, 6.45) is 6.57. The van der Waals surface area contributed by atoms with E-state index in [0.29, 0.717) is 0 Å². The zero-order valence-corrected chi connectivity index (χ0v) is 13.4. The molecule has 1 heterocycles. The summed E-state index contributed by atoms with van der Waals surface area (Å²) in [6.45, 7) is 5.47. The second kappa shape index (κ2) is 8.50. The van der Waals surface area contributed by atoms with Crippen molar-refractivity contribution in [2.45, 2.75) is 45.1 Å². The number of halogens is 1. The molecule has 21 heavy (non-hydrogen) atoms. The summed E-state index contributed by atoms with van der Waals surface area (Å²) in [5.74, 6) is 0.789. The predicted octanol–water partition coefficient (Wildman–Crippen LogP) is 3.99. The topological polar surface area (TPSA) is 15.3 Å². The molecule has 1 aromatic carbocycles. The van der Waals surface area contributed by atoms with Crippen molar-refractivity contribution in [3.05, 3.63) is 35.6 Å². The van der Waals surface area contributed by atoms with Crippen molar-refractivity contribution in [2.75, 3.05) is 26.7 Å². The second-order valence-corrected chi connectivity index (χ2v) is 6.25. The Bertz CT molecular complexity index is 421. The first-order chi connectivity index (χ1) is 10.2. The highest BCUT2D eigenvalue weighted by molar-refractivity contribution is 5.21. The monoisotopic (exact) mass is 292 g/mol. The summed E-state index contributed by atoms with van der Waals surface area (Å²) in [6, 6.07) is 7.21. The Morgan fingerprint density at radius 1 is 1.29 bits per heavy atom. The van der Waals surface area contributed by atoms with Crippen molar-refractivity contribution >= 4 is 0 Å². The molecule has 1 aliphatic rings. The van der Waals surface area contributed by atoms with Gasteiger partial charge in [-0.15, -0.1) is 0 Å². The first-order valence-electron chi connectivity index (χ1n) is 8.38. The van der Waals surface area contributed by atoms with Gasteiger partial charge in [-0.2, -0.15) is 0 Å². The van der Waals surface area contributed by atoms with Crippen LogP contribution in [0.3, 0.4) is 0 Å². The lowest BCUT2D eigenvalue weighted by Gasteiger charge is -2.26. The molecule has 2 rings (SSSR count). The maximum Gasteiger partial charge on any atom is 0.128 e. The third kappa shape index (κ3) is 4.79. The van der Waals surface area contributed by atoms with Crippen LogP contribution in [-0.2, 0) is 0 Å². The highest BCUT2D eigenvalue weighted by Gasteiger charge is 2.21. The zero-order valence-electron chi connectivity index (χ0n) is 13.4. The fourth-order valence-electron chi connectivity index (χ4n) is 3.47. The SMILES string of the molecule is CCCC1CCCN(CC(NC)c2ccccc2F)CC1. The van der Waals surface area contributed by atoms with Gasteiger partial charge in [-0.05, 0) is 51.4 Å². The number of likely N-dealkylation sites (tertiary alicyclic amines) is 1. The molecule has 0 aromatic heterocycles. The van der Waals surface area contributed by atoms with Crippen LogP contribution in [0.1, 0.15) is 50.6 Å². The fraction of sp³-hybridized carbons (Fsp3) is 0.667. The molecule has 2 unspecified atom stereocenters. The molecule has 0 radical (unpaired) electrons. The van der Waals surface area contributed by atoms with Crippen molar-refractivity contribution in [1.29, 1.82) is 0 Å². The van der Waals surface area contributed by atoms with E-state index in [9.17, 15) is 4.39 Å². The zero-order chi connectivity index (χ0) is 15.1. The normalized spacial score (nSPS) is 22.0. The Kier molecular flexibility index (Phi) is 6.65. The maximum absolute atomic E-state index is 14.0. The quantitative estimate of drug-likeness (QED) is 0.853. The van der Waals surface area contributed by atoms with Gasteiger partial charge in [0.2, 0.25) is 0 Å². The van der Waals surface area contributed by atoms with Crippen LogP contribution in [0.5, 0.6) is 0 Å². The molecule has 1 N–H and O–H groups in total. The van der Waals surface area contributed by atoms with Crippen molar-refractivity contribution in [3.63, 3.8) is 0 Å². The van der Waals surface area contributed by atoms with Crippen molar-refractivity contribution in [3.8, 4) is 0 Å². The van der Waals surface area contributed by atoms with Crippen LogP contribution in [0.15, 0.2) is 24.3 Å². The highest BCUT2D eigenvalue weighted by atomic mass is 19.1. The van der Waals surface area contributed by atoms with Crippen LogP contribution >= 0.6 is 0 Å². The summed E-state index contributed by atoms with van der Waals surface area (Å²) in [7, 11) is 1.93. The molecule has 0 bridgehead atoms. The summed E-state index contributed by atoms with van der Waals surface area (Å²) in [4.78, 5) is 2.50. The fourth-order valence-corrected chi connectivity index (χ4v) is 3.47. The van der Waals surface area contributed by atoms with E-state index in [1.165, 1.54) is 32.1 Å². The van der Waals surface area contributed by atoms with Crippen molar-refractivity contribution < 1.29 is 4.39 Å². The number of benzene rings is 1. The van der Waals surface area contributed by atoms with Crippen molar-refractivity contribution in [2.24, 2.45) is 5.92 Å². The molecule has 0 aliphatic carbocycles. The van der Waals surface area contributed by atoms with Gasteiger partial charge in [0, 0.05) is 18.2 Å². The van der Waals surface area contributed by atoms with Gasteiger partial charge in [-0.25, -0.2) is 4.39 Å². The minimum atomic E-state index is -0.101. The molecule has 2 atom stereocenters. The van der Waals surface area contributed by atoms with E-state index >= 15 is 0 Å². The minimum Gasteiger partial charge on any atom is -0.312 e. The molecule has 118 valence electrons. The van der Waals surface area contributed by atoms with Crippen molar-refractivity contribution in [1.82, 2.24) is 10.2 Å². The Labute approximate surface area is 128 Å². The van der Waals surface area contributed by atoms with E-state index in [1.54, 1.807) is 12.1 Å². The number of hydrogen-bond acceptors (Lipinski definition) is 2. The lowest BCUT2D eigenvalue weighted by molar-refractivity contribution is 0.249.